The van der Waals surface area contributed by atoms with Crippen molar-refractivity contribution in [1.29, 1.82) is 0 Å². The Kier molecular flexibility index (Phi) is 10.3. The Morgan fingerprint density at radius 2 is 1.12 bits per heavy atom. The number of hydrogen-bond donors (Lipinski definition) is 0. The molecule has 0 radical (unpaired) electrons. The molecule has 0 bridgehead atoms. The third-order valence-corrected chi connectivity index (χ3v) is 21.2. The van der Waals surface area contributed by atoms with Crippen molar-refractivity contribution in [3.63, 3.8) is 0 Å². The Morgan fingerprint density at radius 1 is 0.824 bits per heavy atom. The zero-order valence-electron chi connectivity index (χ0n) is 11.1. The Hall–Kier alpha value is 2.12. The van der Waals surface area contributed by atoms with Crippen molar-refractivity contribution in [1.82, 2.24) is 0 Å². The molecule has 100 valence electrons. The monoisotopic (exact) mass is 406 g/mol. The fraction of sp³-hybridized carbons (Fsp3) is 0.800. The Morgan fingerprint density at radius 3 is 1.35 bits per heavy atom. The molecule has 0 unspecified atom stereocenters. The second-order valence-electron chi connectivity index (χ2n) is 4.44. The summed E-state index contributed by atoms with van der Waals surface area (Å²) in [5.41, 5.74) is 0. The van der Waals surface area contributed by atoms with Crippen LogP contribution in [0.2, 0.25) is 11.5 Å². The van der Waals surface area contributed by atoms with Gasteiger partial charge in [-0.15, -0.1) is 0 Å². The molecular formula is C10H20GeS6. The number of rotatable bonds is 4. The Balaban J connectivity index is 4.19. The van der Waals surface area contributed by atoms with E-state index in [4.69, 9.17) is 24.4 Å². The number of thiocarbonyl (C=S) groups is 2. The van der Waals surface area contributed by atoms with Gasteiger partial charge in [0, 0.05) is 0 Å². The summed E-state index contributed by atoms with van der Waals surface area (Å²) in [5, 5.41) is 1.16. The van der Waals surface area contributed by atoms with Gasteiger partial charge in [-0.05, 0) is 0 Å². The van der Waals surface area contributed by atoms with Gasteiger partial charge in [0.05, 0.1) is 0 Å². The van der Waals surface area contributed by atoms with Crippen LogP contribution in [-0.4, -0.2) is 28.5 Å². The molecule has 7 heteroatoms. The van der Waals surface area contributed by atoms with Crippen molar-refractivity contribution in [2.75, 3.05) is 0 Å². The van der Waals surface area contributed by atoms with Gasteiger partial charge < -0.3 is 0 Å². The summed E-state index contributed by atoms with van der Waals surface area (Å²) in [6.45, 7) is 8.74. The molecule has 0 heterocycles. The van der Waals surface area contributed by atoms with Crippen LogP contribution in [-0.2, 0) is 0 Å². The summed E-state index contributed by atoms with van der Waals surface area (Å²) in [6.07, 6.45) is 0. The summed E-state index contributed by atoms with van der Waals surface area (Å²) < 4.78 is 2.18. The van der Waals surface area contributed by atoms with Gasteiger partial charge in [-0.25, -0.2) is 0 Å². The zero-order chi connectivity index (χ0) is 13.6. The molecule has 0 saturated heterocycles. The number of hydrogen-bond acceptors (Lipinski definition) is 6. The van der Waals surface area contributed by atoms with Gasteiger partial charge >= 0.3 is 136 Å². The van der Waals surface area contributed by atoms with E-state index in [0.717, 1.165) is 7.06 Å². The summed E-state index contributed by atoms with van der Waals surface area (Å²) in [5.74, 6) is 4.74. The third-order valence-electron chi connectivity index (χ3n) is 1.32. The van der Waals surface area contributed by atoms with E-state index in [1.807, 2.05) is 20.2 Å². The van der Waals surface area contributed by atoms with E-state index in [1.54, 1.807) is 23.5 Å². The average molecular weight is 405 g/mol. The van der Waals surface area contributed by atoms with E-state index < -0.39 is 11.0 Å². The molecule has 0 aromatic rings. The zero-order valence-corrected chi connectivity index (χ0v) is 18.1. The van der Waals surface area contributed by atoms with Crippen molar-refractivity contribution in [2.45, 2.75) is 49.7 Å². The third kappa shape index (κ3) is 11.6. The van der Waals surface area contributed by atoms with Crippen LogP contribution in [0.25, 0.3) is 0 Å². The SMILES string of the molecule is CC(C)SC(=S)[S][Ge]([CH3])([CH3])[S]C(=S)SC(C)C. The van der Waals surface area contributed by atoms with Gasteiger partial charge in [0.25, 0.3) is 0 Å². The predicted molar refractivity (Wildman–Crippen MR) is 103 cm³/mol. The van der Waals surface area contributed by atoms with E-state index in [0.29, 0.717) is 10.5 Å². The minimum atomic E-state index is -1.97. The Bertz CT molecular complexity index is 248. The molecular weight excluding hydrogens is 385 g/mol. The van der Waals surface area contributed by atoms with E-state index in [2.05, 4.69) is 39.2 Å². The normalized spacial score (nSPS) is 12.2. The van der Waals surface area contributed by atoms with Gasteiger partial charge in [0.15, 0.2) is 0 Å². The van der Waals surface area contributed by atoms with Crippen LogP contribution in [0.3, 0.4) is 0 Å². The first-order chi connectivity index (χ1) is 7.62. The number of thioether (sulfide) groups is 2. The molecule has 0 N–H and O–H groups in total. The fourth-order valence-electron chi connectivity index (χ4n) is 0.855. The first-order valence-electron chi connectivity index (χ1n) is 5.41. The van der Waals surface area contributed by atoms with E-state index in [-0.39, 0.29) is 0 Å². The fourth-order valence-corrected chi connectivity index (χ4v) is 31.8. The second kappa shape index (κ2) is 9.13. The standard InChI is InChI=1S/C10H20GeS6/c1-7(2)14-9(12)16-11(5,6)17-10(13)15-8(3)4/h7-8H,1-6H3. The van der Waals surface area contributed by atoms with Crippen molar-refractivity contribution >= 4 is 86.2 Å². The van der Waals surface area contributed by atoms with Crippen molar-refractivity contribution < 1.29 is 0 Å². The van der Waals surface area contributed by atoms with Crippen LogP contribution >= 0.6 is 68.1 Å². The van der Waals surface area contributed by atoms with Gasteiger partial charge in [-0.1, -0.05) is 0 Å². The molecule has 0 spiro atoms. The van der Waals surface area contributed by atoms with Crippen molar-refractivity contribution in [3.8, 4) is 0 Å². The molecule has 0 rings (SSSR count). The molecule has 0 aromatic heterocycles. The molecule has 0 aliphatic rings. The molecule has 0 atom stereocenters. The van der Waals surface area contributed by atoms with Gasteiger partial charge in [0.1, 0.15) is 0 Å². The molecule has 0 nitrogen and oxygen atoms in total. The van der Waals surface area contributed by atoms with Crippen LogP contribution in [0.15, 0.2) is 0 Å². The van der Waals surface area contributed by atoms with Crippen molar-refractivity contribution in [3.05, 3.63) is 0 Å². The van der Waals surface area contributed by atoms with Crippen LogP contribution in [0.4, 0.5) is 0 Å². The Labute approximate surface area is 134 Å². The quantitative estimate of drug-likeness (QED) is 0.412. The molecule has 0 aliphatic carbocycles. The molecule has 0 aliphatic heterocycles. The van der Waals surface area contributed by atoms with Gasteiger partial charge in [-0.2, -0.15) is 0 Å². The predicted octanol–water partition coefficient (Wildman–Crippen LogP) is 6.01. The second-order valence-corrected chi connectivity index (χ2v) is 31.6. The summed E-state index contributed by atoms with van der Waals surface area (Å²) in [7, 11) is 1.89. The topological polar surface area (TPSA) is 0 Å². The van der Waals surface area contributed by atoms with Gasteiger partial charge in [-0.3, -0.25) is 0 Å². The molecule has 0 fully saturated rings. The van der Waals surface area contributed by atoms with E-state index in [9.17, 15) is 0 Å². The summed E-state index contributed by atoms with van der Waals surface area (Å²) in [6, 6.07) is 0. The van der Waals surface area contributed by atoms with E-state index in [1.165, 1.54) is 0 Å². The average Bonchev–Trinajstić information content (AvgIpc) is 1.95. The first kappa shape index (κ1) is 19.1. The van der Waals surface area contributed by atoms with E-state index >= 15 is 0 Å². The summed E-state index contributed by atoms with van der Waals surface area (Å²) in [4.78, 5) is 0. The van der Waals surface area contributed by atoms with Crippen LogP contribution in [0, 0.1) is 0 Å². The molecule has 0 saturated carbocycles. The molecule has 17 heavy (non-hydrogen) atoms. The van der Waals surface area contributed by atoms with Gasteiger partial charge in [0.2, 0.25) is 0 Å². The summed E-state index contributed by atoms with van der Waals surface area (Å²) >= 11 is 14.5. The molecule has 0 amide bonds. The first-order valence-corrected chi connectivity index (χ1v) is 19.0. The molecule has 0 aromatic carbocycles. The van der Waals surface area contributed by atoms with Crippen LogP contribution in [0.1, 0.15) is 27.7 Å². The minimum absolute atomic E-state index is 0.579. The maximum absolute atomic E-state index is 5.43. The van der Waals surface area contributed by atoms with Crippen LogP contribution in [0.5, 0.6) is 0 Å². The van der Waals surface area contributed by atoms with Crippen molar-refractivity contribution in [2.24, 2.45) is 0 Å². The maximum atomic E-state index is 5.43. The van der Waals surface area contributed by atoms with Crippen LogP contribution < -0.4 is 0 Å².